The van der Waals surface area contributed by atoms with Crippen molar-refractivity contribution in [1.29, 1.82) is 0 Å². The fourth-order valence-electron chi connectivity index (χ4n) is 2.13. The molecule has 1 aromatic carbocycles. The third-order valence-electron chi connectivity index (χ3n) is 2.88. The first-order valence-electron chi connectivity index (χ1n) is 6.20. The zero-order valence-electron chi connectivity index (χ0n) is 10.9. The topological polar surface area (TPSA) is 44.5 Å². The SMILES string of the molecule is CC1(C)Cc2cccc(OCCCC(N)=S)c2O1. The fourth-order valence-corrected chi connectivity index (χ4v) is 2.27. The number of rotatable bonds is 5. The molecule has 0 aromatic heterocycles. The Hall–Kier alpha value is -1.29. The summed E-state index contributed by atoms with van der Waals surface area (Å²) >= 11 is 4.83. The first-order chi connectivity index (χ1) is 8.48. The van der Waals surface area contributed by atoms with Crippen LogP contribution in [-0.4, -0.2) is 17.2 Å². The van der Waals surface area contributed by atoms with E-state index in [2.05, 4.69) is 19.9 Å². The predicted molar refractivity (Wildman–Crippen MR) is 76.4 cm³/mol. The van der Waals surface area contributed by atoms with Crippen molar-refractivity contribution in [3.05, 3.63) is 23.8 Å². The molecule has 1 heterocycles. The number of fused-ring (bicyclic) bond motifs is 1. The van der Waals surface area contributed by atoms with E-state index in [1.165, 1.54) is 5.56 Å². The molecule has 0 bridgehead atoms. The van der Waals surface area contributed by atoms with E-state index in [0.717, 1.165) is 30.8 Å². The molecule has 1 aliphatic heterocycles. The molecule has 0 aliphatic carbocycles. The minimum absolute atomic E-state index is 0.138. The maximum atomic E-state index is 5.93. The molecule has 2 rings (SSSR count). The van der Waals surface area contributed by atoms with Gasteiger partial charge in [0.1, 0.15) is 5.60 Å². The summed E-state index contributed by atoms with van der Waals surface area (Å²) in [4.78, 5) is 0.536. The highest BCUT2D eigenvalue weighted by Gasteiger charge is 2.32. The Morgan fingerprint density at radius 1 is 1.50 bits per heavy atom. The van der Waals surface area contributed by atoms with Crippen LogP contribution in [0.5, 0.6) is 11.5 Å². The number of ether oxygens (including phenoxy) is 2. The zero-order valence-corrected chi connectivity index (χ0v) is 11.7. The van der Waals surface area contributed by atoms with Crippen molar-refractivity contribution in [2.75, 3.05) is 6.61 Å². The summed E-state index contributed by atoms with van der Waals surface area (Å²) < 4.78 is 11.7. The van der Waals surface area contributed by atoms with Gasteiger partial charge in [-0.05, 0) is 26.3 Å². The van der Waals surface area contributed by atoms with E-state index < -0.39 is 0 Å². The van der Waals surface area contributed by atoms with Gasteiger partial charge >= 0.3 is 0 Å². The second-order valence-corrected chi connectivity index (χ2v) is 5.73. The van der Waals surface area contributed by atoms with Gasteiger partial charge in [-0.3, -0.25) is 0 Å². The lowest BCUT2D eigenvalue weighted by Crippen LogP contribution is -2.24. The van der Waals surface area contributed by atoms with Gasteiger partial charge in [0.05, 0.1) is 11.6 Å². The molecular weight excluding hydrogens is 246 g/mol. The molecule has 0 spiro atoms. The van der Waals surface area contributed by atoms with Crippen LogP contribution in [0.2, 0.25) is 0 Å². The van der Waals surface area contributed by atoms with Crippen LogP contribution in [-0.2, 0) is 6.42 Å². The average molecular weight is 265 g/mol. The number of para-hydroxylation sites is 1. The highest BCUT2D eigenvalue weighted by atomic mass is 32.1. The van der Waals surface area contributed by atoms with Crippen LogP contribution < -0.4 is 15.2 Å². The monoisotopic (exact) mass is 265 g/mol. The Labute approximate surface area is 113 Å². The van der Waals surface area contributed by atoms with Crippen molar-refractivity contribution >= 4 is 17.2 Å². The van der Waals surface area contributed by atoms with Gasteiger partial charge in [-0.15, -0.1) is 0 Å². The fraction of sp³-hybridized carbons (Fsp3) is 0.500. The molecule has 18 heavy (non-hydrogen) atoms. The normalized spacial score (nSPS) is 15.9. The van der Waals surface area contributed by atoms with Crippen LogP contribution in [0, 0.1) is 0 Å². The molecule has 4 heteroatoms. The van der Waals surface area contributed by atoms with Crippen molar-refractivity contribution in [2.24, 2.45) is 5.73 Å². The summed E-state index contributed by atoms with van der Waals surface area (Å²) in [6, 6.07) is 6.04. The summed E-state index contributed by atoms with van der Waals surface area (Å²) in [5.74, 6) is 1.71. The van der Waals surface area contributed by atoms with Gasteiger partial charge in [0, 0.05) is 18.4 Å². The summed E-state index contributed by atoms with van der Waals surface area (Å²) in [6.45, 7) is 4.78. The Morgan fingerprint density at radius 2 is 2.28 bits per heavy atom. The van der Waals surface area contributed by atoms with Crippen molar-refractivity contribution in [3.63, 3.8) is 0 Å². The van der Waals surface area contributed by atoms with Gasteiger partial charge in [-0.2, -0.15) is 0 Å². The number of thiocarbonyl (C=S) groups is 1. The van der Waals surface area contributed by atoms with Gasteiger partial charge in [-0.25, -0.2) is 0 Å². The number of benzene rings is 1. The van der Waals surface area contributed by atoms with Crippen LogP contribution in [0.25, 0.3) is 0 Å². The molecular formula is C14H19NO2S. The minimum Gasteiger partial charge on any atom is -0.490 e. The molecule has 0 amide bonds. The first-order valence-corrected chi connectivity index (χ1v) is 6.61. The highest BCUT2D eigenvalue weighted by Crippen LogP contribution is 2.41. The zero-order chi connectivity index (χ0) is 13.2. The largest absolute Gasteiger partial charge is 0.490 e. The third kappa shape index (κ3) is 3.13. The lowest BCUT2D eigenvalue weighted by molar-refractivity contribution is 0.132. The van der Waals surface area contributed by atoms with Crippen molar-refractivity contribution in [3.8, 4) is 11.5 Å². The van der Waals surface area contributed by atoms with E-state index in [-0.39, 0.29) is 5.60 Å². The molecule has 1 aromatic rings. The van der Waals surface area contributed by atoms with Crippen molar-refractivity contribution in [2.45, 2.75) is 38.7 Å². The van der Waals surface area contributed by atoms with E-state index in [9.17, 15) is 0 Å². The first kappa shape index (κ1) is 13.1. The quantitative estimate of drug-likeness (QED) is 0.657. The van der Waals surface area contributed by atoms with E-state index in [0.29, 0.717) is 11.6 Å². The minimum atomic E-state index is -0.138. The lowest BCUT2D eigenvalue weighted by atomic mass is 10.0. The smallest absolute Gasteiger partial charge is 0.165 e. The van der Waals surface area contributed by atoms with Crippen LogP contribution >= 0.6 is 12.2 Å². The molecule has 0 unspecified atom stereocenters. The Balaban J connectivity index is 1.99. The summed E-state index contributed by atoms with van der Waals surface area (Å²) in [5.41, 5.74) is 6.53. The van der Waals surface area contributed by atoms with E-state index >= 15 is 0 Å². The number of nitrogens with two attached hydrogens (primary N) is 1. The second-order valence-electron chi connectivity index (χ2n) is 5.20. The van der Waals surface area contributed by atoms with Crippen LogP contribution in [0.4, 0.5) is 0 Å². The molecule has 98 valence electrons. The van der Waals surface area contributed by atoms with Gasteiger partial charge in [-0.1, -0.05) is 24.4 Å². The van der Waals surface area contributed by atoms with Gasteiger partial charge in [0.2, 0.25) is 0 Å². The van der Waals surface area contributed by atoms with Crippen LogP contribution in [0.3, 0.4) is 0 Å². The summed E-state index contributed by atoms with van der Waals surface area (Å²) in [7, 11) is 0. The second kappa shape index (κ2) is 5.14. The van der Waals surface area contributed by atoms with Gasteiger partial charge < -0.3 is 15.2 Å². The molecule has 0 radical (unpaired) electrons. The third-order valence-corrected chi connectivity index (χ3v) is 3.08. The average Bonchev–Trinajstić information content (AvgIpc) is 2.58. The lowest BCUT2D eigenvalue weighted by Gasteiger charge is -2.18. The van der Waals surface area contributed by atoms with Crippen molar-refractivity contribution < 1.29 is 9.47 Å². The number of hydrogen-bond acceptors (Lipinski definition) is 3. The van der Waals surface area contributed by atoms with E-state index in [1.54, 1.807) is 0 Å². The van der Waals surface area contributed by atoms with E-state index in [1.807, 2.05) is 12.1 Å². The standard InChI is InChI=1S/C14H19NO2S/c1-14(2)9-10-5-3-6-11(13(10)17-14)16-8-4-7-12(15)18/h3,5-6H,4,7-9H2,1-2H3,(H2,15,18). The molecule has 2 N–H and O–H groups in total. The Kier molecular flexibility index (Phi) is 3.76. The molecule has 0 fully saturated rings. The molecule has 3 nitrogen and oxygen atoms in total. The maximum absolute atomic E-state index is 5.93. The molecule has 0 atom stereocenters. The van der Waals surface area contributed by atoms with Gasteiger partial charge in [0.15, 0.2) is 11.5 Å². The van der Waals surface area contributed by atoms with Crippen LogP contribution in [0.15, 0.2) is 18.2 Å². The van der Waals surface area contributed by atoms with Crippen LogP contribution in [0.1, 0.15) is 32.3 Å². The highest BCUT2D eigenvalue weighted by molar-refractivity contribution is 7.80. The Bertz CT molecular complexity index is 457. The summed E-state index contributed by atoms with van der Waals surface area (Å²) in [6.07, 6.45) is 2.48. The van der Waals surface area contributed by atoms with Gasteiger partial charge in [0.25, 0.3) is 0 Å². The molecule has 0 saturated heterocycles. The molecule has 1 aliphatic rings. The molecule has 0 saturated carbocycles. The Morgan fingerprint density at radius 3 is 3.00 bits per heavy atom. The van der Waals surface area contributed by atoms with E-state index in [4.69, 9.17) is 27.4 Å². The predicted octanol–water partition coefficient (Wildman–Crippen LogP) is 2.85. The summed E-state index contributed by atoms with van der Waals surface area (Å²) in [5, 5.41) is 0. The number of hydrogen-bond donors (Lipinski definition) is 1. The maximum Gasteiger partial charge on any atom is 0.165 e. The van der Waals surface area contributed by atoms with Crippen molar-refractivity contribution in [1.82, 2.24) is 0 Å².